The second kappa shape index (κ2) is 4.81. The van der Waals surface area contributed by atoms with Gasteiger partial charge in [-0.3, -0.25) is 0 Å². The van der Waals surface area contributed by atoms with E-state index < -0.39 is 8.07 Å². The Balaban J connectivity index is 2.79. The molecular weight excluding hydrogens is 202 g/mol. The molecule has 0 aliphatic carbocycles. The molecule has 0 amide bonds. The standard InChI is InChI=1S/C12H21NOSi/c1-15(2,3)9-11(8-13)10-4-6-12(14)7-5-10/h4-7,11,14H,8-9,13H2,1-3H3/t11-/m0/s1. The van der Waals surface area contributed by atoms with Gasteiger partial charge in [-0.1, -0.05) is 31.8 Å². The summed E-state index contributed by atoms with van der Waals surface area (Å²) in [6, 6.07) is 8.64. The van der Waals surface area contributed by atoms with Crippen LogP contribution in [0.1, 0.15) is 11.5 Å². The normalized spacial score (nSPS) is 13.9. The number of rotatable bonds is 4. The van der Waals surface area contributed by atoms with Crippen molar-refractivity contribution >= 4 is 8.07 Å². The number of hydrogen-bond acceptors (Lipinski definition) is 2. The Morgan fingerprint density at radius 3 is 2.13 bits per heavy atom. The molecule has 3 N–H and O–H groups in total. The van der Waals surface area contributed by atoms with Gasteiger partial charge >= 0.3 is 0 Å². The maximum absolute atomic E-state index is 9.22. The zero-order valence-electron chi connectivity index (χ0n) is 9.83. The van der Waals surface area contributed by atoms with Crippen LogP contribution in [0.3, 0.4) is 0 Å². The SMILES string of the molecule is C[Si](C)(C)C[C@H](CN)c1ccc(O)cc1. The van der Waals surface area contributed by atoms with Gasteiger partial charge in [0.25, 0.3) is 0 Å². The summed E-state index contributed by atoms with van der Waals surface area (Å²) in [7, 11) is -1.08. The van der Waals surface area contributed by atoms with Gasteiger partial charge in [-0.2, -0.15) is 0 Å². The van der Waals surface area contributed by atoms with Crippen molar-refractivity contribution in [1.82, 2.24) is 0 Å². The van der Waals surface area contributed by atoms with Crippen molar-refractivity contribution in [3.8, 4) is 5.75 Å². The van der Waals surface area contributed by atoms with E-state index in [-0.39, 0.29) is 0 Å². The lowest BCUT2D eigenvalue weighted by Crippen LogP contribution is -2.26. The first-order valence-corrected chi connectivity index (χ1v) is 9.12. The Hall–Kier alpha value is -0.803. The number of aromatic hydroxyl groups is 1. The van der Waals surface area contributed by atoms with Gasteiger partial charge in [-0.25, -0.2) is 0 Å². The molecule has 0 aromatic heterocycles. The average Bonchev–Trinajstić information content (AvgIpc) is 2.14. The van der Waals surface area contributed by atoms with E-state index in [1.165, 1.54) is 11.6 Å². The van der Waals surface area contributed by atoms with Crippen LogP contribution in [0, 0.1) is 0 Å². The van der Waals surface area contributed by atoms with Crippen LogP contribution in [0.15, 0.2) is 24.3 Å². The molecule has 15 heavy (non-hydrogen) atoms. The lowest BCUT2D eigenvalue weighted by Gasteiger charge is -2.23. The van der Waals surface area contributed by atoms with Crippen LogP contribution in [0.25, 0.3) is 0 Å². The zero-order valence-corrected chi connectivity index (χ0v) is 10.8. The van der Waals surface area contributed by atoms with E-state index in [1.54, 1.807) is 12.1 Å². The van der Waals surface area contributed by atoms with Crippen molar-refractivity contribution in [2.75, 3.05) is 6.54 Å². The molecule has 1 aromatic carbocycles. The summed E-state index contributed by atoms with van der Waals surface area (Å²) in [5, 5.41) is 9.22. The summed E-state index contributed by atoms with van der Waals surface area (Å²) in [4.78, 5) is 0. The molecule has 1 aromatic rings. The molecule has 1 rings (SSSR count). The molecule has 0 spiro atoms. The molecule has 0 saturated carbocycles. The highest BCUT2D eigenvalue weighted by Crippen LogP contribution is 2.26. The van der Waals surface area contributed by atoms with Gasteiger partial charge in [0.1, 0.15) is 5.75 Å². The quantitative estimate of drug-likeness (QED) is 0.771. The van der Waals surface area contributed by atoms with E-state index in [9.17, 15) is 5.11 Å². The van der Waals surface area contributed by atoms with Gasteiger partial charge < -0.3 is 10.8 Å². The Kier molecular flexibility index (Phi) is 3.94. The minimum atomic E-state index is -1.08. The molecule has 0 aliphatic rings. The van der Waals surface area contributed by atoms with Crippen LogP contribution in [-0.4, -0.2) is 19.7 Å². The minimum absolute atomic E-state index is 0.322. The number of benzene rings is 1. The molecule has 0 aliphatic heterocycles. The Morgan fingerprint density at radius 1 is 1.20 bits per heavy atom. The Morgan fingerprint density at radius 2 is 1.73 bits per heavy atom. The van der Waals surface area contributed by atoms with Crippen molar-refractivity contribution in [3.05, 3.63) is 29.8 Å². The fourth-order valence-corrected chi connectivity index (χ4v) is 3.70. The average molecular weight is 223 g/mol. The molecular formula is C12H21NOSi. The molecule has 84 valence electrons. The molecule has 0 radical (unpaired) electrons. The van der Waals surface area contributed by atoms with Crippen LogP contribution in [0.4, 0.5) is 0 Å². The number of hydrogen-bond donors (Lipinski definition) is 2. The third-order valence-electron chi connectivity index (χ3n) is 2.51. The van der Waals surface area contributed by atoms with E-state index in [0.29, 0.717) is 18.2 Å². The number of phenols is 1. The van der Waals surface area contributed by atoms with Gasteiger partial charge in [0, 0.05) is 8.07 Å². The maximum Gasteiger partial charge on any atom is 0.115 e. The zero-order chi connectivity index (χ0) is 11.5. The fourth-order valence-electron chi connectivity index (χ4n) is 1.82. The monoisotopic (exact) mass is 223 g/mol. The van der Waals surface area contributed by atoms with E-state index in [4.69, 9.17) is 5.73 Å². The van der Waals surface area contributed by atoms with E-state index in [1.807, 2.05) is 12.1 Å². The first-order valence-electron chi connectivity index (χ1n) is 5.41. The van der Waals surface area contributed by atoms with Crippen LogP contribution in [-0.2, 0) is 0 Å². The van der Waals surface area contributed by atoms with Crippen LogP contribution in [0.5, 0.6) is 5.75 Å². The summed E-state index contributed by atoms with van der Waals surface area (Å²) in [5.74, 6) is 0.764. The molecule has 0 bridgehead atoms. The van der Waals surface area contributed by atoms with E-state index >= 15 is 0 Å². The Labute approximate surface area is 93.1 Å². The highest BCUT2D eigenvalue weighted by atomic mass is 28.3. The Bertz CT molecular complexity index is 302. The van der Waals surface area contributed by atoms with Crippen LogP contribution < -0.4 is 5.73 Å². The first-order chi connectivity index (χ1) is 6.92. The van der Waals surface area contributed by atoms with Gasteiger partial charge in [0.2, 0.25) is 0 Å². The highest BCUT2D eigenvalue weighted by molar-refractivity contribution is 6.76. The summed E-state index contributed by atoms with van der Waals surface area (Å²) in [5.41, 5.74) is 7.06. The summed E-state index contributed by atoms with van der Waals surface area (Å²) >= 11 is 0. The van der Waals surface area contributed by atoms with Crippen molar-refractivity contribution in [3.63, 3.8) is 0 Å². The maximum atomic E-state index is 9.22. The van der Waals surface area contributed by atoms with Gasteiger partial charge in [-0.15, -0.1) is 0 Å². The fraction of sp³-hybridized carbons (Fsp3) is 0.500. The van der Waals surface area contributed by atoms with Crippen molar-refractivity contribution in [2.45, 2.75) is 31.6 Å². The molecule has 0 heterocycles. The molecule has 3 heteroatoms. The summed E-state index contributed by atoms with van der Waals surface area (Å²) in [6.45, 7) is 7.76. The lowest BCUT2D eigenvalue weighted by atomic mass is 10.0. The highest BCUT2D eigenvalue weighted by Gasteiger charge is 2.20. The van der Waals surface area contributed by atoms with Crippen molar-refractivity contribution in [2.24, 2.45) is 5.73 Å². The van der Waals surface area contributed by atoms with Gasteiger partial charge in [-0.05, 0) is 36.2 Å². The predicted octanol–water partition coefficient (Wildman–Crippen LogP) is 2.77. The number of nitrogens with two attached hydrogens (primary N) is 1. The topological polar surface area (TPSA) is 46.2 Å². The van der Waals surface area contributed by atoms with E-state index in [2.05, 4.69) is 19.6 Å². The molecule has 0 saturated heterocycles. The van der Waals surface area contributed by atoms with Crippen molar-refractivity contribution < 1.29 is 5.11 Å². The van der Waals surface area contributed by atoms with Crippen LogP contribution in [0.2, 0.25) is 25.7 Å². The predicted molar refractivity (Wildman–Crippen MR) is 68.1 cm³/mol. The first kappa shape index (κ1) is 12.3. The third-order valence-corrected chi connectivity index (χ3v) is 4.23. The summed E-state index contributed by atoms with van der Waals surface area (Å²) < 4.78 is 0. The second-order valence-corrected chi connectivity index (χ2v) is 10.8. The molecule has 1 atom stereocenters. The molecule has 0 fully saturated rings. The second-order valence-electron chi connectivity index (χ2n) is 5.29. The number of phenolic OH excluding ortho intramolecular Hbond substituents is 1. The van der Waals surface area contributed by atoms with Gasteiger partial charge in [0.15, 0.2) is 0 Å². The van der Waals surface area contributed by atoms with E-state index in [0.717, 1.165) is 0 Å². The smallest absolute Gasteiger partial charge is 0.115 e. The molecule has 2 nitrogen and oxygen atoms in total. The van der Waals surface area contributed by atoms with Gasteiger partial charge in [0.05, 0.1) is 0 Å². The minimum Gasteiger partial charge on any atom is -0.508 e. The summed E-state index contributed by atoms with van der Waals surface area (Å²) in [6.07, 6.45) is 0. The molecule has 0 unspecified atom stereocenters. The lowest BCUT2D eigenvalue weighted by molar-refractivity contribution is 0.475. The van der Waals surface area contributed by atoms with Crippen LogP contribution >= 0.6 is 0 Å². The van der Waals surface area contributed by atoms with Crippen molar-refractivity contribution in [1.29, 1.82) is 0 Å². The third kappa shape index (κ3) is 4.06. The largest absolute Gasteiger partial charge is 0.508 e.